The van der Waals surface area contributed by atoms with Gasteiger partial charge in [0, 0.05) is 11.8 Å². The van der Waals surface area contributed by atoms with Gasteiger partial charge in [-0.1, -0.05) is 45.0 Å². The molecule has 1 heterocycles. The quantitative estimate of drug-likeness (QED) is 0.889. The van der Waals surface area contributed by atoms with E-state index < -0.39 is 5.97 Å². The first-order chi connectivity index (χ1) is 8.89. The van der Waals surface area contributed by atoms with Crippen molar-refractivity contribution in [1.82, 2.24) is 4.98 Å². The maximum absolute atomic E-state index is 11.2. The summed E-state index contributed by atoms with van der Waals surface area (Å²) in [5, 5.41) is 9.17. The summed E-state index contributed by atoms with van der Waals surface area (Å²) in [6.07, 6.45) is 1.61. The summed E-state index contributed by atoms with van der Waals surface area (Å²) in [7, 11) is 0. The highest BCUT2D eigenvalue weighted by atomic mass is 16.4. The Hall–Kier alpha value is -2.16. The van der Waals surface area contributed by atoms with Crippen LogP contribution in [0.25, 0.3) is 11.3 Å². The van der Waals surface area contributed by atoms with Gasteiger partial charge in [0.2, 0.25) is 0 Å². The van der Waals surface area contributed by atoms with Crippen molar-refractivity contribution in [2.24, 2.45) is 0 Å². The second-order valence-corrected chi connectivity index (χ2v) is 5.53. The molecule has 0 atom stereocenters. The fourth-order valence-electron chi connectivity index (χ4n) is 1.94. The van der Waals surface area contributed by atoms with Crippen LogP contribution in [0.2, 0.25) is 0 Å². The third kappa shape index (κ3) is 2.81. The number of rotatable bonds is 2. The highest BCUT2D eigenvalue weighted by Crippen LogP contribution is 2.26. The lowest BCUT2D eigenvalue weighted by Gasteiger charge is -2.19. The number of aromatic carboxylic acids is 1. The zero-order valence-electron chi connectivity index (χ0n) is 11.3. The van der Waals surface area contributed by atoms with E-state index in [1.165, 1.54) is 5.56 Å². The van der Waals surface area contributed by atoms with Gasteiger partial charge in [-0.3, -0.25) is 4.98 Å². The molecule has 1 aromatic heterocycles. The number of pyridine rings is 1. The van der Waals surface area contributed by atoms with E-state index in [1.807, 2.05) is 24.3 Å². The molecule has 0 unspecified atom stereocenters. The molecule has 0 spiro atoms. The molecule has 0 aliphatic rings. The normalized spacial score (nSPS) is 11.3. The van der Waals surface area contributed by atoms with E-state index in [-0.39, 0.29) is 11.0 Å². The largest absolute Gasteiger partial charge is 0.478 e. The van der Waals surface area contributed by atoms with Crippen LogP contribution in [-0.2, 0) is 5.41 Å². The monoisotopic (exact) mass is 255 g/mol. The van der Waals surface area contributed by atoms with E-state index in [4.69, 9.17) is 0 Å². The van der Waals surface area contributed by atoms with Gasteiger partial charge in [-0.2, -0.15) is 0 Å². The van der Waals surface area contributed by atoms with Gasteiger partial charge in [0.25, 0.3) is 0 Å². The number of hydrogen-bond acceptors (Lipinski definition) is 2. The van der Waals surface area contributed by atoms with Gasteiger partial charge >= 0.3 is 5.97 Å². The van der Waals surface area contributed by atoms with Crippen LogP contribution in [0, 0.1) is 0 Å². The maximum Gasteiger partial charge on any atom is 0.337 e. The van der Waals surface area contributed by atoms with Crippen molar-refractivity contribution in [1.29, 1.82) is 0 Å². The Morgan fingerprint density at radius 3 is 2.26 bits per heavy atom. The van der Waals surface area contributed by atoms with Crippen molar-refractivity contribution < 1.29 is 9.90 Å². The van der Waals surface area contributed by atoms with Gasteiger partial charge in [-0.15, -0.1) is 0 Å². The second-order valence-electron chi connectivity index (χ2n) is 5.53. The summed E-state index contributed by atoms with van der Waals surface area (Å²) in [6, 6.07) is 11.1. The van der Waals surface area contributed by atoms with Crippen molar-refractivity contribution in [3.8, 4) is 11.3 Å². The summed E-state index contributed by atoms with van der Waals surface area (Å²) >= 11 is 0. The molecule has 0 amide bonds. The number of aromatic nitrogens is 1. The molecule has 0 saturated carbocycles. The lowest BCUT2D eigenvalue weighted by molar-refractivity contribution is 0.0697. The zero-order chi connectivity index (χ0) is 14.0. The first-order valence-electron chi connectivity index (χ1n) is 6.19. The second kappa shape index (κ2) is 4.84. The summed E-state index contributed by atoms with van der Waals surface area (Å²) in [5.74, 6) is -0.956. The summed E-state index contributed by atoms with van der Waals surface area (Å²) in [6.45, 7) is 6.43. The fraction of sp³-hybridized carbons (Fsp3) is 0.250. The fourth-order valence-corrected chi connectivity index (χ4v) is 1.94. The Bertz CT molecular complexity index is 595. The molecule has 0 aliphatic heterocycles. The molecule has 3 heteroatoms. The highest BCUT2D eigenvalue weighted by molar-refractivity contribution is 5.94. The minimum absolute atomic E-state index is 0.0816. The van der Waals surface area contributed by atoms with Gasteiger partial charge in [-0.25, -0.2) is 4.79 Å². The van der Waals surface area contributed by atoms with Crippen LogP contribution in [0.15, 0.2) is 42.6 Å². The van der Waals surface area contributed by atoms with E-state index in [1.54, 1.807) is 18.3 Å². The molecule has 0 aliphatic carbocycles. The van der Waals surface area contributed by atoms with Crippen molar-refractivity contribution in [3.63, 3.8) is 0 Å². The molecule has 3 nitrogen and oxygen atoms in total. The molecule has 0 bridgehead atoms. The predicted molar refractivity (Wildman–Crippen MR) is 75.3 cm³/mol. The SMILES string of the molecule is CC(C)(C)c1ccc(-c2ncccc2C(=O)O)cc1. The molecule has 0 fully saturated rings. The van der Waals surface area contributed by atoms with Crippen LogP contribution < -0.4 is 0 Å². The van der Waals surface area contributed by atoms with Crippen LogP contribution in [0.3, 0.4) is 0 Å². The van der Waals surface area contributed by atoms with E-state index in [0.29, 0.717) is 5.69 Å². The number of carboxylic acids is 1. The van der Waals surface area contributed by atoms with Gasteiger partial charge < -0.3 is 5.11 Å². The molecule has 19 heavy (non-hydrogen) atoms. The van der Waals surface area contributed by atoms with Crippen LogP contribution in [0.4, 0.5) is 0 Å². The Morgan fingerprint density at radius 2 is 1.74 bits per heavy atom. The van der Waals surface area contributed by atoms with Crippen LogP contribution >= 0.6 is 0 Å². The molecule has 1 N–H and O–H groups in total. The van der Waals surface area contributed by atoms with Crippen molar-refractivity contribution in [2.75, 3.05) is 0 Å². The molecule has 2 rings (SSSR count). The Balaban J connectivity index is 2.46. The minimum Gasteiger partial charge on any atom is -0.478 e. The Kier molecular flexibility index (Phi) is 3.38. The molecular weight excluding hydrogens is 238 g/mol. The average molecular weight is 255 g/mol. The van der Waals surface area contributed by atoms with Gasteiger partial charge in [0.05, 0.1) is 11.3 Å². The maximum atomic E-state index is 11.2. The number of benzene rings is 1. The third-order valence-corrected chi connectivity index (χ3v) is 3.06. The zero-order valence-corrected chi connectivity index (χ0v) is 11.3. The molecule has 98 valence electrons. The van der Waals surface area contributed by atoms with Gasteiger partial charge in [0.1, 0.15) is 0 Å². The summed E-state index contributed by atoms with van der Waals surface area (Å²) < 4.78 is 0. The minimum atomic E-state index is -0.956. The first-order valence-corrected chi connectivity index (χ1v) is 6.19. The molecule has 0 saturated heterocycles. The lowest BCUT2D eigenvalue weighted by Crippen LogP contribution is -2.10. The van der Waals surface area contributed by atoms with E-state index in [0.717, 1.165) is 5.56 Å². The van der Waals surface area contributed by atoms with E-state index >= 15 is 0 Å². The van der Waals surface area contributed by atoms with Crippen molar-refractivity contribution in [3.05, 3.63) is 53.7 Å². The first kappa shape index (κ1) is 13.3. The molecule has 0 radical (unpaired) electrons. The average Bonchev–Trinajstić information content (AvgIpc) is 2.38. The van der Waals surface area contributed by atoms with Gasteiger partial charge in [-0.05, 0) is 23.1 Å². The smallest absolute Gasteiger partial charge is 0.337 e. The Labute approximate surface area is 112 Å². The number of carboxylic acid groups (broad SMARTS) is 1. The van der Waals surface area contributed by atoms with Crippen LogP contribution in [-0.4, -0.2) is 16.1 Å². The predicted octanol–water partition coefficient (Wildman–Crippen LogP) is 3.74. The third-order valence-electron chi connectivity index (χ3n) is 3.06. The lowest BCUT2D eigenvalue weighted by atomic mass is 9.86. The summed E-state index contributed by atoms with van der Waals surface area (Å²) in [5.41, 5.74) is 2.86. The highest BCUT2D eigenvalue weighted by Gasteiger charge is 2.15. The van der Waals surface area contributed by atoms with Gasteiger partial charge in [0.15, 0.2) is 0 Å². The summed E-state index contributed by atoms with van der Waals surface area (Å²) in [4.78, 5) is 15.4. The number of nitrogens with zero attached hydrogens (tertiary/aromatic N) is 1. The standard InChI is InChI=1S/C16H17NO2/c1-16(2,3)12-8-6-11(7-9-12)14-13(15(18)19)5-4-10-17-14/h4-10H,1-3H3,(H,18,19). The topological polar surface area (TPSA) is 50.2 Å². The van der Waals surface area contributed by atoms with E-state index in [9.17, 15) is 9.90 Å². The number of carbonyl (C=O) groups is 1. The molecule has 2 aromatic rings. The van der Waals surface area contributed by atoms with Crippen molar-refractivity contribution >= 4 is 5.97 Å². The van der Waals surface area contributed by atoms with Crippen molar-refractivity contribution in [2.45, 2.75) is 26.2 Å². The Morgan fingerprint density at radius 1 is 1.11 bits per heavy atom. The van der Waals surface area contributed by atoms with Crippen LogP contribution in [0.1, 0.15) is 36.7 Å². The number of hydrogen-bond donors (Lipinski definition) is 1. The van der Waals surface area contributed by atoms with E-state index in [2.05, 4.69) is 25.8 Å². The molecular formula is C16H17NO2. The molecule has 1 aromatic carbocycles. The van der Waals surface area contributed by atoms with Crippen LogP contribution in [0.5, 0.6) is 0 Å².